The molecule has 0 unspecified atom stereocenters. The molecule has 0 aliphatic carbocycles. The second kappa shape index (κ2) is 10.6. The molecule has 0 saturated carbocycles. The molecule has 174 valence electrons. The minimum atomic E-state index is -0.587. The maximum atomic E-state index is 13.0. The van der Waals surface area contributed by atoms with Gasteiger partial charge in [0.15, 0.2) is 6.61 Å². The van der Waals surface area contributed by atoms with Crippen LogP contribution in [0.25, 0.3) is 10.9 Å². The minimum Gasteiger partial charge on any atom is -0.462 e. The fraction of sp³-hybridized carbons (Fsp3) is 0.360. The zero-order chi connectivity index (χ0) is 24.1. The van der Waals surface area contributed by atoms with Gasteiger partial charge in [0.1, 0.15) is 5.00 Å². The second-order valence-corrected chi connectivity index (χ2v) is 8.90. The number of fused-ring (bicyclic) bond motifs is 1. The molecule has 0 fully saturated rings. The zero-order valence-electron chi connectivity index (χ0n) is 19.5. The van der Waals surface area contributed by atoms with E-state index in [0.29, 0.717) is 33.5 Å². The summed E-state index contributed by atoms with van der Waals surface area (Å²) in [5, 5.41) is 3.76. The first kappa shape index (κ1) is 24.4. The summed E-state index contributed by atoms with van der Waals surface area (Å²) < 4.78 is 10.5. The number of nitrogens with zero attached hydrogens (tertiary/aromatic N) is 1. The first-order valence-electron chi connectivity index (χ1n) is 10.9. The number of aryl methyl sites for hydroxylation is 1. The van der Waals surface area contributed by atoms with E-state index < -0.39 is 24.5 Å². The van der Waals surface area contributed by atoms with Gasteiger partial charge in [-0.25, -0.2) is 9.59 Å². The molecule has 0 bridgehead atoms. The van der Waals surface area contributed by atoms with Crippen LogP contribution in [0.3, 0.4) is 0 Å². The molecule has 0 atom stereocenters. The summed E-state index contributed by atoms with van der Waals surface area (Å²) in [5.41, 5.74) is 2.97. The van der Waals surface area contributed by atoms with Crippen molar-refractivity contribution in [1.29, 1.82) is 0 Å². The lowest BCUT2D eigenvalue weighted by Crippen LogP contribution is -2.22. The summed E-state index contributed by atoms with van der Waals surface area (Å²) >= 11 is 1.31. The Morgan fingerprint density at radius 1 is 1.09 bits per heavy atom. The standard InChI is InChI=1S/C25H28N2O5S/c1-6-18-15(5)22(16-10-8-9-11-19(16)26-18)25(30)32-13-21(28)27-23-17(24(29)31-7-2)12-20(33-23)14(3)4/h8-12,14H,6-7,13H2,1-5H3,(H,27,28). The third kappa shape index (κ3) is 5.39. The van der Waals surface area contributed by atoms with Crippen molar-refractivity contribution < 1.29 is 23.9 Å². The molecule has 0 radical (unpaired) electrons. The number of benzene rings is 1. The number of nitrogens with one attached hydrogen (secondary N) is 1. The van der Waals surface area contributed by atoms with Gasteiger partial charge in [0.25, 0.3) is 5.91 Å². The number of amides is 1. The first-order valence-corrected chi connectivity index (χ1v) is 11.7. The van der Waals surface area contributed by atoms with Gasteiger partial charge in [-0.05, 0) is 43.9 Å². The molecule has 0 spiro atoms. The van der Waals surface area contributed by atoms with Crippen molar-refractivity contribution in [3.05, 3.63) is 57.6 Å². The molecule has 2 heterocycles. The Bertz CT molecular complexity index is 1200. The van der Waals surface area contributed by atoms with Crippen molar-refractivity contribution in [1.82, 2.24) is 4.98 Å². The lowest BCUT2D eigenvalue weighted by molar-refractivity contribution is -0.119. The number of para-hydroxylation sites is 1. The molecule has 33 heavy (non-hydrogen) atoms. The molecule has 2 aromatic heterocycles. The second-order valence-electron chi connectivity index (χ2n) is 7.82. The molecule has 1 amide bonds. The molecular weight excluding hydrogens is 440 g/mol. The van der Waals surface area contributed by atoms with E-state index in [1.54, 1.807) is 13.0 Å². The lowest BCUT2D eigenvalue weighted by atomic mass is 10.0. The van der Waals surface area contributed by atoms with Crippen LogP contribution >= 0.6 is 11.3 Å². The fourth-order valence-electron chi connectivity index (χ4n) is 3.48. The van der Waals surface area contributed by atoms with Gasteiger partial charge in [-0.1, -0.05) is 39.0 Å². The Hall–Kier alpha value is -3.26. The Morgan fingerprint density at radius 3 is 2.48 bits per heavy atom. The molecule has 0 aliphatic heterocycles. The number of esters is 2. The van der Waals surface area contributed by atoms with Crippen LogP contribution in [-0.4, -0.2) is 36.0 Å². The van der Waals surface area contributed by atoms with Gasteiger partial charge in [0.05, 0.1) is 23.3 Å². The number of carbonyl (C=O) groups excluding carboxylic acids is 3. The van der Waals surface area contributed by atoms with Crippen LogP contribution in [0.5, 0.6) is 0 Å². The molecule has 7 nitrogen and oxygen atoms in total. The topological polar surface area (TPSA) is 94.6 Å². The molecule has 0 saturated heterocycles. The molecule has 1 N–H and O–H groups in total. The first-order chi connectivity index (χ1) is 15.8. The monoisotopic (exact) mass is 468 g/mol. The Kier molecular flexibility index (Phi) is 7.81. The van der Waals surface area contributed by atoms with E-state index in [1.807, 2.05) is 52.0 Å². The van der Waals surface area contributed by atoms with Gasteiger partial charge in [-0.15, -0.1) is 11.3 Å². The number of hydrogen-bond acceptors (Lipinski definition) is 7. The third-order valence-corrected chi connectivity index (χ3v) is 6.53. The van der Waals surface area contributed by atoms with E-state index in [0.717, 1.165) is 16.1 Å². The van der Waals surface area contributed by atoms with Gasteiger partial charge in [0.2, 0.25) is 0 Å². The quantitative estimate of drug-likeness (QED) is 0.453. The van der Waals surface area contributed by atoms with Gasteiger partial charge >= 0.3 is 11.9 Å². The van der Waals surface area contributed by atoms with Crippen molar-refractivity contribution in [2.24, 2.45) is 0 Å². The maximum absolute atomic E-state index is 13.0. The molecule has 3 rings (SSSR count). The summed E-state index contributed by atoms with van der Waals surface area (Å²) in [6, 6.07) is 9.08. The largest absolute Gasteiger partial charge is 0.462 e. The number of aromatic nitrogens is 1. The molecule has 1 aromatic carbocycles. The highest BCUT2D eigenvalue weighted by molar-refractivity contribution is 7.16. The summed E-state index contributed by atoms with van der Waals surface area (Å²) in [7, 11) is 0. The summed E-state index contributed by atoms with van der Waals surface area (Å²) in [5.74, 6) is -1.44. The Morgan fingerprint density at radius 2 is 1.82 bits per heavy atom. The number of carbonyl (C=O) groups is 3. The number of thiophene rings is 1. The molecular formula is C25H28N2O5S. The van der Waals surface area contributed by atoms with E-state index >= 15 is 0 Å². The number of pyridine rings is 1. The average Bonchev–Trinajstić information content (AvgIpc) is 3.21. The van der Waals surface area contributed by atoms with E-state index in [1.165, 1.54) is 11.3 Å². The third-order valence-electron chi connectivity index (χ3n) is 5.18. The van der Waals surface area contributed by atoms with E-state index in [4.69, 9.17) is 9.47 Å². The predicted molar refractivity (Wildman–Crippen MR) is 129 cm³/mol. The van der Waals surface area contributed by atoms with Crippen LogP contribution in [-0.2, 0) is 20.7 Å². The highest BCUT2D eigenvalue weighted by atomic mass is 32.1. The Balaban J connectivity index is 1.78. The van der Waals surface area contributed by atoms with Crippen molar-refractivity contribution in [3.63, 3.8) is 0 Å². The minimum absolute atomic E-state index is 0.183. The van der Waals surface area contributed by atoms with Crippen LogP contribution in [0.2, 0.25) is 0 Å². The SMILES string of the molecule is CCOC(=O)c1cc(C(C)C)sc1NC(=O)COC(=O)c1c(C)c(CC)nc2ccccc12. The summed E-state index contributed by atoms with van der Waals surface area (Å²) in [6.45, 7) is 9.28. The zero-order valence-corrected chi connectivity index (χ0v) is 20.3. The van der Waals surface area contributed by atoms with Crippen molar-refractivity contribution in [2.45, 2.75) is 47.0 Å². The number of ether oxygens (including phenoxy) is 2. The normalized spacial score (nSPS) is 11.0. The summed E-state index contributed by atoms with van der Waals surface area (Å²) in [6.07, 6.45) is 0.671. The lowest BCUT2D eigenvalue weighted by Gasteiger charge is -2.13. The van der Waals surface area contributed by atoms with Crippen LogP contribution in [0, 0.1) is 6.92 Å². The van der Waals surface area contributed by atoms with Crippen LogP contribution in [0.1, 0.15) is 70.5 Å². The van der Waals surface area contributed by atoms with Gasteiger partial charge in [-0.2, -0.15) is 0 Å². The van der Waals surface area contributed by atoms with Crippen LogP contribution < -0.4 is 5.32 Å². The highest BCUT2D eigenvalue weighted by Crippen LogP contribution is 2.33. The van der Waals surface area contributed by atoms with E-state index in [9.17, 15) is 14.4 Å². The molecule has 0 aliphatic rings. The smallest absolute Gasteiger partial charge is 0.341 e. The van der Waals surface area contributed by atoms with Gasteiger partial charge in [-0.3, -0.25) is 9.78 Å². The van der Waals surface area contributed by atoms with Gasteiger partial charge in [0, 0.05) is 16.0 Å². The fourth-order valence-corrected chi connectivity index (χ4v) is 4.54. The predicted octanol–water partition coefficient (Wildman–Crippen LogP) is 5.26. The Labute approximate surface area is 197 Å². The number of anilines is 1. The molecule has 3 aromatic rings. The van der Waals surface area contributed by atoms with Crippen molar-refractivity contribution in [2.75, 3.05) is 18.5 Å². The van der Waals surface area contributed by atoms with Crippen molar-refractivity contribution >= 4 is 45.1 Å². The van der Waals surface area contributed by atoms with E-state index in [2.05, 4.69) is 10.3 Å². The average molecular weight is 469 g/mol. The number of rotatable bonds is 8. The van der Waals surface area contributed by atoms with Crippen LogP contribution in [0.4, 0.5) is 5.00 Å². The maximum Gasteiger partial charge on any atom is 0.341 e. The van der Waals surface area contributed by atoms with E-state index in [-0.39, 0.29) is 12.5 Å². The molecule has 8 heteroatoms. The highest BCUT2D eigenvalue weighted by Gasteiger charge is 2.22. The summed E-state index contributed by atoms with van der Waals surface area (Å²) in [4.78, 5) is 43.4. The van der Waals surface area contributed by atoms with Gasteiger partial charge < -0.3 is 14.8 Å². The van der Waals surface area contributed by atoms with Crippen molar-refractivity contribution in [3.8, 4) is 0 Å². The van der Waals surface area contributed by atoms with Crippen LogP contribution in [0.15, 0.2) is 30.3 Å². The number of hydrogen-bond donors (Lipinski definition) is 1.